The predicted octanol–water partition coefficient (Wildman–Crippen LogP) is 1.93. The zero-order chi connectivity index (χ0) is 18.8. The van der Waals surface area contributed by atoms with Crippen molar-refractivity contribution in [3.05, 3.63) is 16.3 Å². The van der Waals surface area contributed by atoms with Gasteiger partial charge in [-0.2, -0.15) is 5.10 Å². The van der Waals surface area contributed by atoms with Crippen LogP contribution in [0.3, 0.4) is 0 Å². The van der Waals surface area contributed by atoms with Crippen LogP contribution < -0.4 is 10.2 Å². The summed E-state index contributed by atoms with van der Waals surface area (Å²) in [7, 11) is 0. The molecule has 1 aliphatic heterocycles. The maximum Gasteiger partial charge on any atom is 0.404 e. The van der Waals surface area contributed by atoms with Gasteiger partial charge in [-0.25, -0.2) is 27.0 Å². The molecule has 0 saturated carbocycles. The Balaban J connectivity index is 2.34. The van der Waals surface area contributed by atoms with E-state index in [1.165, 1.54) is 0 Å². The number of nitro groups is 1. The molecule has 1 atom stereocenters. The molecule has 2 heterocycles. The quantitative estimate of drug-likeness (QED) is 0.466. The summed E-state index contributed by atoms with van der Waals surface area (Å²) in [5, 5.41) is 25.2. The van der Waals surface area contributed by atoms with Crippen molar-refractivity contribution < 1.29 is 32.4 Å². The highest BCUT2D eigenvalue weighted by atomic mass is 19.3. The maximum atomic E-state index is 14.1. The Kier molecular flexibility index (Phi) is 5.33. The molecule has 0 radical (unpaired) electrons. The van der Waals surface area contributed by atoms with Crippen molar-refractivity contribution in [1.82, 2.24) is 15.1 Å². The molecule has 0 bridgehead atoms. The van der Waals surface area contributed by atoms with Crippen LogP contribution in [0.1, 0.15) is 12.8 Å². The zero-order valence-electron chi connectivity index (χ0n) is 12.7. The zero-order valence-corrected chi connectivity index (χ0v) is 12.7. The number of alkyl halides is 4. The first-order chi connectivity index (χ1) is 11.6. The molecule has 2 N–H and O–H groups in total. The maximum absolute atomic E-state index is 14.1. The number of carboxylic acid groups (broad SMARTS) is 1. The monoisotopic (exact) mass is 369 g/mol. The van der Waals surface area contributed by atoms with Crippen LogP contribution in [-0.2, 0) is 6.54 Å². The summed E-state index contributed by atoms with van der Waals surface area (Å²) < 4.78 is 54.1. The number of nitrogens with one attached hydrogen (secondary N) is 1. The third-order valence-electron chi connectivity index (χ3n) is 3.64. The van der Waals surface area contributed by atoms with E-state index in [4.69, 9.17) is 5.11 Å². The van der Waals surface area contributed by atoms with E-state index < -0.39 is 60.4 Å². The SMILES string of the molecule is O=C(O)NC1CCN(c2c([N+](=O)[O-])cnn2CC(F)F)CC(F)(F)C1. The molecule has 1 aromatic rings. The second kappa shape index (κ2) is 7.11. The van der Waals surface area contributed by atoms with E-state index in [1.54, 1.807) is 0 Å². The van der Waals surface area contributed by atoms with Crippen molar-refractivity contribution in [1.29, 1.82) is 0 Å². The number of hydrogen-bond acceptors (Lipinski definition) is 5. The van der Waals surface area contributed by atoms with Gasteiger partial charge in [-0.3, -0.25) is 10.1 Å². The Bertz CT molecular complexity index is 653. The van der Waals surface area contributed by atoms with Crippen molar-refractivity contribution in [2.24, 2.45) is 0 Å². The minimum atomic E-state index is -3.38. The fourth-order valence-corrected chi connectivity index (χ4v) is 2.76. The lowest BCUT2D eigenvalue weighted by atomic mass is 10.1. The van der Waals surface area contributed by atoms with Gasteiger partial charge in [0, 0.05) is 19.0 Å². The summed E-state index contributed by atoms with van der Waals surface area (Å²) >= 11 is 0. The smallest absolute Gasteiger partial charge is 0.404 e. The molecule has 2 rings (SSSR count). The van der Waals surface area contributed by atoms with E-state index in [-0.39, 0.29) is 13.0 Å². The van der Waals surface area contributed by atoms with E-state index in [0.717, 1.165) is 11.1 Å². The van der Waals surface area contributed by atoms with E-state index >= 15 is 0 Å². The predicted molar refractivity (Wildman–Crippen MR) is 76.2 cm³/mol. The van der Waals surface area contributed by atoms with Crippen LogP contribution in [0.2, 0.25) is 0 Å². The normalized spacial score (nSPS) is 20.4. The molecule has 0 aromatic carbocycles. The fraction of sp³-hybridized carbons (Fsp3) is 0.667. The molecular formula is C12H15F4N5O4. The summed E-state index contributed by atoms with van der Waals surface area (Å²) in [4.78, 5) is 21.8. The molecule has 1 fully saturated rings. The molecule has 13 heteroatoms. The summed E-state index contributed by atoms with van der Waals surface area (Å²) in [5.41, 5.74) is -0.666. The molecule has 1 aromatic heterocycles. The van der Waals surface area contributed by atoms with Crippen LogP contribution in [0.4, 0.5) is 33.9 Å². The van der Waals surface area contributed by atoms with Crippen LogP contribution in [0.15, 0.2) is 6.20 Å². The van der Waals surface area contributed by atoms with Crippen LogP contribution in [-0.4, -0.2) is 57.4 Å². The standard InChI is InChI=1S/C12H15F4N5O4/c13-9(14)5-20-10(8(4-17-20)21(24)25)19-2-1-7(18-11(22)23)3-12(15,16)6-19/h4,7,9,18H,1-3,5-6H2,(H,22,23). The van der Waals surface area contributed by atoms with E-state index in [9.17, 15) is 32.5 Å². The Morgan fingerprint density at radius 1 is 1.56 bits per heavy atom. The first-order valence-electron chi connectivity index (χ1n) is 7.19. The van der Waals surface area contributed by atoms with Gasteiger partial charge in [-0.15, -0.1) is 0 Å². The lowest BCUT2D eigenvalue weighted by molar-refractivity contribution is -0.384. The van der Waals surface area contributed by atoms with Gasteiger partial charge in [-0.05, 0) is 6.42 Å². The number of aromatic nitrogens is 2. The van der Waals surface area contributed by atoms with Gasteiger partial charge in [0.25, 0.3) is 12.3 Å². The first-order valence-corrected chi connectivity index (χ1v) is 7.19. The Morgan fingerprint density at radius 2 is 2.24 bits per heavy atom. The number of hydrogen-bond donors (Lipinski definition) is 2. The first kappa shape index (κ1) is 18.7. The Hall–Kier alpha value is -2.60. The van der Waals surface area contributed by atoms with E-state index in [0.29, 0.717) is 4.68 Å². The van der Waals surface area contributed by atoms with Crippen LogP contribution >= 0.6 is 0 Å². The number of anilines is 1. The summed E-state index contributed by atoms with van der Waals surface area (Å²) in [5.74, 6) is -3.82. The van der Waals surface area contributed by atoms with Crippen molar-refractivity contribution in [3.63, 3.8) is 0 Å². The number of carbonyl (C=O) groups is 1. The van der Waals surface area contributed by atoms with Crippen LogP contribution in [0.5, 0.6) is 0 Å². The molecule has 1 unspecified atom stereocenters. The fourth-order valence-electron chi connectivity index (χ4n) is 2.76. The summed E-state index contributed by atoms with van der Waals surface area (Å²) in [6, 6.07) is -1.07. The van der Waals surface area contributed by atoms with Gasteiger partial charge in [-0.1, -0.05) is 0 Å². The van der Waals surface area contributed by atoms with E-state index in [1.807, 2.05) is 5.32 Å². The van der Waals surface area contributed by atoms with Gasteiger partial charge < -0.3 is 15.3 Å². The van der Waals surface area contributed by atoms with E-state index in [2.05, 4.69) is 5.10 Å². The molecule has 1 amide bonds. The summed E-state index contributed by atoms with van der Waals surface area (Å²) in [6.07, 6.45) is -4.49. The van der Waals surface area contributed by atoms with Gasteiger partial charge in [0.2, 0.25) is 5.82 Å². The van der Waals surface area contributed by atoms with Gasteiger partial charge in [0.05, 0.1) is 11.5 Å². The molecule has 1 aliphatic rings. The van der Waals surface area contributed by atoms with Crippen molar-refractivity contribution in [3.8, 4) is 0 Å². The number of rotatable bonds is 5. The lowest BCUT2D eigenvalue weighted by Gasteiger charge is -2.25. The number of amides is 1. The average molecular weight is 369 g/mol. The average Bonchev–Trinajstić information content (AvgIpc) is 2.78. The molecule has 9 nitrogen and oxygen atoms in total. The number of nitrogens with zero attached hydrogens (tertiary/aromatic N) is 4. The van der Waals surface area contributed by atoms with Gasteiger partial charge in [0.1, 0.15) is 12.7 Å². The molecule has 0 aliphatic carbocycles. The van der Waals surface area contributed by atoms with Gasteiger partial charge >= 0.3 is 11.8 Å². The number of halogens is 4. The molecular weight excluding hydrogens is 354 g/mol. The van der Waals surface area contributed by atoms with Crippen molar-refractivity contribution in [2.75, 3.05) is 18.0 Å². The van der Waals surface area contributed by atoms with Crippen LogP contribution in [0.25, 0.3) is 0 Å². The molecule has 1 saturated heterocycles. The van der Waals surface area contributed by atoms with Gasteiger partial charge in [0.15, 0.2) is 0 Å². The van der Waals surface area contributed by atoms with Crippen molar-refractivity contribution >= 4 is 17.6 Å². The Labute approximate surface area is 138 Å². The Morgan fingerprint density at radius 3 is 2.80 bits per heavy atom. The third kappa shape index (κ3) is 4.70. The third-order valence-corrected chi connectivity index (χ3v) is 3.64. The van der Waals surface area contributed by atoms with Crippen LogP contribution in [0, 0.1) is 10.1 Å². The lowest BCUT2D eigenvalue weighted by Crippen LogP contribution is -2.39. The molecule has 25 heavy (non-hydrogen) atoms. The largest absolute Gasteiger partial charge is 0.465 e. The minimum Gasteiger partial charge on any atom is -0.465 e. The highest BCUT2D eigenvalue weighted by Gasteiger charge is 2.41. The highest BCUT2D eigenvalue weighted by Crippen LogP contribution is 2.34. The summed E-state index contributed by atoms with van der Waals surface area (Å²) in [6.45, 7) is -2.14. The minimum absolute atomic E-state index is 0.0705. The molecule has 0 spiro atoms. The molecule has 140 valence electrons. The topological polar surface area (TPSA) is 114 Å². The second-order valence-electron chi connectivity index (χ2n) is 5.60. The second-order valence-corrected chi connectivity index (χ2v) is 5.60. The highest BCUT2D eigenvalue weighted by molar-refractivity contribution is 5.65. The van der Waals surface area contributed by atoms with Crippen molar-refractivity contribution in [2.45, 2.75) is 37.8 Å².